The molecule has 2 aromatic carbocycles. The number of benzene rings is 2. The van der Waals surface area contributed by atoms with Crippen LogP contribution in [0.1, 0.15) is 28.2 Å². The molecule has 5 aromatic rings. The number of hydrogen-bond acceptors (Lipinski definition) is 7. The molecule has 0 aliphatic carbocycles. The molecule has 2 amide bonds. The molecule has 0 saturated carbocycles. The van der Waals surface area contributed by atoms with Gasteiger partial charge < -0.3 is 20.0 Å². The van der Waals surface area contributed by atoms with E-state index in [2.05, 4.69) is 37.4 Å². The Hall–Kier alpha value is -5.06. The number of H-pyrrole nitrogens is 1. The lowest BCUT2D eigenvalue weighted by molar-refractivity contribution is -0.125. The number of likely N-dealkylation sites (tertiary alicyclic amines) is 1. The normalized spacial score (nSPS) is 15.1. The van der Waals surface area contributed by atoms with E-state index >= 15 is 4.39 Å². The summed E-state index contributed by atoms with van der Waals surface area (Å²) in [6.45, 7) is 6.49. The maximum absolute atomic E-state index is 15.2. The standard InChI is InChI=1S/C29H26FN7O3/c1-3-25(38)37-11-9-20(15-37)34-28-26-21(8-10-31-27(26)35-36-28)17-4-5-19(22(30)12-17)14-32-29(39)18-6-7-24-23(13-18)33-16(2)40-24/h3-8,10,12-13,20H,1,9,11,14-15H2,2H3,(H,32,39)(H2,31,34,35,36)/t20-/m1/s1. The van der Waals surface area contributed by atoms with Crippen LogP contribution in [0.3, 0.4) is 0 Å². The third-order valence-corrected chi connectivity index (χ3v) is 7.04. The van der Waals surface area contributed by atoms with Crippen LogP contribution in [0, 0.1) is 12.7 Å². The summed E-state index contributed by atoms with van der Waals surface area (Å²) in [5.74, 6) is 0.224. The highest BCUT2D eigenvalue weighted by molar-refractivity contribution is 6.00. The molecule has 3 aromatic heterocycles. The molecular formula is C29H26FN7O3. The van der Waals surface area contributed by atoms with Crippen molar-refractivity contribution < 1.29 is 18.4 Å². The molecule has 0 spiro atoms. The molecule has 40 heavy (non-hydrogen) atoms. The number of carbonyl (C=O) groups is 2. The zero-order valence-electron chi connectivity index (χ0n) is 21.7. The number of carbonyl (C=O) groups excluding carboxylic acids is 2. The molecule has 1 fully saturated rings. The third-order valence-electron chi connectivity index (χ3n) is 7.04. The van der Waals surface area contributed by atoms with Crippen LogP contribution in [0.5, 0.6) is 0 Å². The van der Waals surface area contributed by atoms with Gasteiger partial charge in [0.15, 0.2) is 22.9 Å². The summed E-state index contributed by atoms with van der Waals surface area (Å²) < 4.78 is 20.7. The predicted octanol–water partition coefficient (Wildman–Crippen LogP) is 4.34. The lowest BCUT2D eigenvalue weighted by atomic mass is 10.0. The summed E-state index contributed by atoms with van der Waals surface area (Å²) in [4.78, 5) is 35.0. The summed E-state index contributed by atoms with van der Waals surface area (Å²) in [6.07, 6.45) is 3.72. The second-order valence-electron chi connectivity index (χ2n) is 9.68. The van der Waals surface area contributed by atoms with Crippen LogP contribution in [0.25, 0.3) is 33.3 Å². The van der Waals surface area contributed by atoms with Crippen LogP contribution >= 0.6 is 0 Å². The van der Waals surface area contributed by atoms with Gasteiger partial charge in [0.1, 0.15) is 11.3 Å². The summed E-state index contributed by atoms with van der Waals surface area (Å²) in [7, 11) is 0. The molecule has 0 unspecified atom stereocenters. The topological polar surface area (TPSA) is 129 Å². The Labute approximate surface area is 228 Å². The second-order valence-corrected chi connectivity index (χ2v) is 9.68. The van der Waals surface area contributed by atoms with Gasteiger partial charge in [0, 0.05) is 49.9 Å². The van der Waals surface area contributed by atoms with Gasteiger partial charge in [-0.3, -0.25) is 14.7 Å². The molecule has 1 aliphatic rings. The quantitative estimate of drug-likeness (QED) is 0.262. The fourth-order valence-electron chi connectivity index (χ4n) is 5.02. The summed E-state index contributed by atoms with van der Waals surface area (Å²) >= 11 is 0. The van der Waals surface area contributed by atoms with Crippen LogP contribution in [-0.4, -0.2) is 56.0 Å². The fourth-order valence-corrected chi connectivity index (χ4v) is 5.02. The number of halogens is 1. The van der Waals surface area contributed by atoms with Gasteiger partial charge in [-0.2, -0.15) is 5.10 Å². The Balaban J connectivity index is 1.19. The first-order valence-electron chi connectivity index (χ1n) is 12.8. The number of aromatic amines is 1. The zero-order valence-corrected chi connectivity index (χ0v) is 21.7. The summed E-state index contributed by atoms with van der Waals surface area (Å²) in [5, 5.41) is 14.2. The zero-order chi connectivity index (χ0) is 27.8. The largest absolute Gasteiger partial charge is 0.441 e. The van der Waals surface area contributed by atoms with Gasteiger partial charge in [0.25, 0.3) is 5.91 Å². The maximum Gasteiger partial charge on any atom is 0.251 e. The Morgan fingerprint density at radius 1 is 1.25 bits per heavy atom. The SMILES string of the molecule is C=CC(=O)N1CC[C@@H](Nc2n[nH]c3nccc(-c4ccc(CNC(=O)c5ccc6oc(C)nc6c5)c(F)c4)c23)C1. The van der Waals surface area contributed by atoms with Crippen LogP contribution in [-0.2, 0) is 11.3 Å². The molecule has 202 valence electrons. The number of amides is 2. The molecule has 0 bridgehead atoms. The van der Waals surface area contributed by atoms with Crippen molar-refractivity contribution in [2.75, 3.05) is 18.4 Å². The number of rotatable bonds is 7. The van der Waals surface area contributed by atoms with Gasteiger partial charge in [-0.05, 0) is 54.0 Å². The molecule has 0 radical (unpaired) electrons. The number of oxazole rings is 1. The smallest absolute Gasteiger partial charge is 0.251 e. The number of aromatic nitrogens is 4. The van der Waals surface area contributed by atoms with Crippen LogP contribution in [0.4, 0.5) is 10.2 Å². The van der Waals surface area contributed by atoms with Crippen molar-refractivity contribution >= 4 is 39.8 Å². The van der Waals surface area contributed by atoms with Gasteiger partial charge in [0.2, 0.25) is 5.91 Å². The highest BCUT2D eigenvalue weighted by Crippen LogP contribution is 2.33. The number of pyridine rings is 1. The van der Waals surface area contributed by atoms with Crippen molar-refractivity contribution in [1.82, 2.24) is 30.4 Å². The number of anilines is 1. The summed E-state index contributed by atoms with van der Waals surface area (Å²) in [5.41, 5.74) is 3.92. The average Bonchev–Trinajstić information content (AvgIpc) is 3.69. The van der Waals surface area contributed by atoms with E-state index in [1.165, 1.54) is 12.1 Å². The van der Waals surface area contributed by atoms with E-state index in [4.69, 9.17) is 4.42 Å². The molecule has 3 N–H and O–H groups in total. The van der Waals surface area contributed by atoms with E-state index in [0.29, 0.717) is 58.2 Å². The lowest BCUT2D eigenvalue weighted by Crippen LogP contribution is -2.30. The van der Waals surface area contributed by atoms with Gasteiger partial charge in [-0.25, -0.2) is 14.4 Å². The number of nitrogens with zero attached hydrogens (tertiary/aromatic N) is 4. The lowest BCUT2D eigenvalue weighted by Gasteiger charge is -2.15. The summed E-state index contributed by atoms with van der Waals surface area (Å²) in [6, 6.07) is 11.7. The Bertz CT molecular complexity index is 1780. The van der Waals surface area contributed by atoms with Crippen molar-refractivity contribution in [1.29, 1.82) is 0 Å². The Morgan fingerprint density at radius 2 is 2.12 bits per heavy atom. The Kier molecular flexibility index (Phi) is 6.47. The third kappa shape index (κ3) is 4.77. The van der Waals surface area contributed by atoms with E-state index in [9.17, 15) is 9.59 Å². The van der Waals surface area contributed by atoms with Gasteiger partial charge in [0.05, 0.1) is 5.39 Å². The van der Waals surface area contributed by atoms with E-state index in [-0.39, 0.29) is 24.4 Å². The highest BCUT2D eigenvalue weighted by atomic mass is 19.1. The molecule has 11 heteroatoms. The van der Waals surface area contributed by atoms with Crippen LogP contribution in [0.2, 0.25) is 0 Å². The number of aryl methyl sites for hydroxylation is 1. The minimum atomic E-state index is -0.447. The Morgan fingerprint density at radius 3 is 2.95 bits per heavy atom. The van der Waals surface area contributed by atoms with E-state index in [1.807, 2.05) is 6.07 Å². The van der Waals surface area contributed by atoms with Gasteiger partial charge >= 0.3 is 0 Å². The second kappa shape index (κ2) is 10.3. The molecule has 4 heterocycles. The van der Waals surface area contributed by atoms with Crippen molar-refractivity contribution in [3.8, 4) is 11.1 Å². The van der Waals surface area contributed by atoms with Crippen molar-refractivity contribution in [2.45, 2.75) is 25.9 Å². The van der Waals surface area contributed by atoms with Gasteiger partial charge in [-0.15, -0.1) is 0 Å². The molecule has 1 saturated heterocycles. The minimum Gasteiger partial charge on any atom is -0.441 e. The van der Waals surface area contributed by atoms with E-state index in [1.54, 1.807) is 48.4 Å². The van der Waals surface area contributed by atoms with Crippen LogP contribution < -0.4 is 10.6 Å². The van der Waals surface area contributed by atoms with Crippen molar-refractivity contribution in [3.05, 3.63) is 84.2 Å². The maximum atomic E-state index is 15.2. The van der Waals surface area contributed by atoms with Gasteiger partial charge in [-0.1, -0.05) is 18.7 Å². The average molecular weight is 540 g/mol. The monoisotopic (exact) mass is 539 g/mol. The first-order chi connectivity index (χ1) is 19.4. The van der Waals surface area contributed by atoms with Crippen molar-refractivity contribution in [3.63, 3.8) is 0 Å². The molecule has 10 nitrogen and oxygen atoms in total. The predicted molar refractivity (Wildman–Crippen MR) is 148 cm³/mol. The number of hydrogen-bond donors (Lipinski definition) is 3. The van der Waals surface area contributed by atoms with Crippen molar-refractivity contribution in [2.24, 2.45) is 0 Å². The first-order valence-corrected chi connectivity index (χ1v) is 12.8. The number of nitrogens with one attached hydrogen (secondary N) is 3. The van der Waals surface area contributed by atoms with E-state index in [0.717, 1.165) is 17.4 Å². The van der Waals surface area contributed by atoms with E-state index < -0.39 is 5.82 Å². The highest BCUT2D eigenvalue weighted by Gasteiger charge is 2.26. The fraction of sp³-hybridized carbons (Fsp3) is 0.207. The minimum absolute atomic E-state index is 0.0141. The molecular weight excluding hydrogens is 513 g/mol. The van der Waals surface area contributed by atoms with Crippen LogP contribution in [0.15, 0.2) is 65.7 Å². The molecule has 1 aliphatic heterocycles. The molecule has 6 rings (SSSR count). The number of fused-ring (bicyclic) bond motifs is 2. The first kappa shape index (κ1) is 25.2. The molecule has 1 atom stereocenters.